The van der Waals surface area contributed by atoms with Crippen LogP contribution in [0.1, 0.15) is 55.0 Å². The number of benzene rings is 3. The molecule has 1 N–H and O–H groups in total. The standard InChI is InChI=1S/C32H41N3O4S/c1-8-26(6)33-32(37)27(7)34(20-28-15-10-22(2)11-16-28)31(36)21-35(30-19-24(4)9-14-25(30)5)40(38,39)29-17-12-23(3)13-18-29/h9-19,26-27H,8,20-21H2,1-7H3,(H,33,37)/t26-,27-/m0/s1. The summed E-state index contributed by atoms with van der Waals surface area (Å²) in [6.45, 7) is 12.9. The van der Waals surface area contributed by atoms with Crippen molar-refractivity contribution in [2.75, 3.05) is 10.8 Å². The Morgan fingerprint density at radius 3 is 1.95 bits per heavy atom. The zero-order chi connectivity index (χ0) is 29.6. The van der Waals surface area contributed by atoms with E-state index >= 15 is 0 Å². The second-order valence-corrected chi connectivity index (χ2v) is 12.5. The Morgan fingerprint density at radius 2 is 1.38 bits per heavy atom. The first-order chi connectivity index (χ1) is 18.8. The number of carbonyl (C=O) groups is 2. The van der Waals surface area contributed by atoms with Gasteiger partial charge in [0.15, 0.2) is 0 Å². The zero-order valence-electron chi connectivity index (χ0n) is 24.6. The minimum Gasteiger partial charge on any atom is -0.352 e. The molecule has 0 saturated carbocycles. The molecule has 0 aliphatic carbocycles. The fourth-order valence-corrected chi connectivity index (χ4v) is 5.75. The first-order valence-corrected chi connectivity index (χ1v) is 15.1. The Balaban J connectivity index is 2.06. The number of anilines is 1. The molecule has 0 saturated heterocycles. The van der Waals surface area contributed by atoms with Crippen LogP contribution in [0, 0.1) is 27.7 Å². The molecule has 214 valence electrons. The number of hydrogen-bond donors (Lipinski definition) is 1. The van der Waals surface area contributed by atoms with Crippen molar-refractivity contribution in [1.29, 1.82) is 0 Å². The fraction of sp³-hybridized carbons (Fsp3) is 0.375. The summed E-state index contributed by atoms with van der Waals surface area (Å²) < 4.78 is 29.2. The number of carbonyl (C=O) groups excluding carboxylic acids is 2. The maximum absolute atomic E-state index is 14.1. The fourth-order valence-electron chi connectivity index (χ4n) is 4.28. The van der Waals surface area contributed by atoms with Crippen molar-refractivity contribution in [1.82, 2.24) is 10.2 Å². The number of hydrogen-bond acceptors (Lipinski definition) is 4. The topological polar surface area (TPSA) is 86.8 Å². The molecule has 0 aliphatic rings. The highest BCUT2D eigenvalue weighted by atomic mass is 32.2. The average Bonchev–Trinajstić information content (AvgIpc) is 2.92. The number of sulfonamides is 1. The molecule has 0 aliphatic heterocycles. The lowest BCUT2D eigenvalue weighted by molar-refractivity contribution is -0.139. The number of nitrogens with zero attached hydrogens (tertiary/aromatic N) is 2. The Hall–Kier alpha value is -3.65. The van der Waals surface area contributed by atoms with Gasteiger partial charge in [0.2, 0.25) is 11.8 Å². The van der Waals surface area contributed by atoms with Gasteiger partial charge in [0.05, 0.1) is 10.6 Å². The third kappa shape index (κ3) is 7.50. The first-order valence-electron chi connectivity index (χ1n) is 13.7. The van der Waals surface area contributed by atoms with E-state index in [9.17, 15) is 18.0 Å². The van der Waals surface area contributed by atoms with Crippen LogP contribution in [0.3, 0.4) is 0 Å². The Kier molecular flexibility index (Phi) is 10.1. The van der Waals surface area contributed by atoms with Gasteiger partial charge in [0.25, 0.3) is 10.0 Å². The molecule has 0 unspecified atom stereocenters. The summed E-state index contributed by atoms with van der Waals surface area (Å²) >= 11 is 0. The highest BCUT2D eigenvalue weighted by molar-refractivity contribution is 7.92. The van der Waals surface area contributed by atoms with Gasteiger partial charge in [-0.15, -0.1) is 0 Å². The van der Waals surface area contributed by atoms with Gasteiger partial charge in [-0.3, -0.25) is 13.9 Å². The molecule has 2 amide bonds. The van der Waals surface area contributed by atoms with Crippen LogP contribution in [0.5, 0.6) is 0 Å². The van der Waals surface area contributed by atoms with E-state index in [-0.39, 0.29) is 23.4 Å². The second-order valence-electron chi connectivity index (χ2n) is 10.6. The van der Waals surface area contributed by atoms with E-state index in [4.69, 9.17) is 0 Å². The number of amides is 2. The van der Waals surface area contributed by atoms with Crippen molar-refractivity contribution in [3.8, 4) is 0 Å². The molecule has 8 heteroatoms. The molecule has 0 spiro atoms. The van der Waals surface area contributed by atoms with Crippen molar-refractivity contribution < 1.29 is 18.0 Å². The minimum absolute atomic E-state index is 0.0559. The SMILES string of the molecule is CC[C@H](C)NC(=O)[C@H](C)N(Cc1ccc(C)cc1)C(=O)CN(c1cc(C)ccc1C)S(=O)(=O)c1ccc(C)cc1. The lowest BCUT2D eigenvalue weighted by Gasteiger charge is -2.33. The molecule has 3 aromatic rings. The largest absolute Gasteiger partial charge is 0.352 e. The highest BCUT2D eigenvalue weighted by Gasteiger charge is 2.33. The van der Waals surface area contributed by atoms with E-state index in [1.54, 1.807) is 37.3 Å². The molecular formula is C32H41N3O4S. The third-order valence-corrected chi connectivity index (χ3v) is 8.94. The lowest BCUT2D eigenvalue weighted by Crippen LogP contribution is -2.52. The van der Waals surface area contributed by atoms with Crippen LogP contribution < -0.4 is 9.62 Å². The van der Waals surface area contributed by atoms with Crippen LogP contribution in [-0.4, -0.2) is 43.8 Å². The average molecular weight is 564 g/mol. The van der Waals surface area contributed by atoms with Gasteiger partial charge in [-0.2, -0.15) is 0 Å². The Morgan fingerprint density at radius 1 is 0.825 bits per heavy atom. The van der Waals surface area contributed by atoms with E-state index in [1.807, 2.05) is 77.9 Å². The van der Waals surface area contributed by atoms with Gasteiger partial charge in [-0.25, -0.2) is 8.42 Å². The van der Waals surface area contributed by atoms with Gasteiger partial charge >= 0.3 is 0 Å². The van der Waals surface area contributed by atoms with Crippen LogP contribution in [0.15, 0.2) is 71.6 Å². The summed E-state index contributed by atoms with van der Waals surface area (Å²) in [4.78, 5) is 28.8. The van der Waals surface area contributed by atoms with E-state index in [0.717, 1.165) is 34.2 Å². The predicted molar refractivity (Wildman–Crippen MR) is 161 cm³/mol. The van der Waals surface area contributed by atoms with Gasteiger partial charge < -0.3 is 10.2 Å². The van der Waals surface area contributed by atoms with Crippen molar-refractivity contribution in [3.63, 3.8) is 0 Å². The van der Waals surface area contributed by atoms with Gasteiger partial charge in [0, 0.05) is 12.6 Å². The molecule has 0 fully saturated rings. The van der Waals surface area contributed by atoms with E-state index in [1.165, 1.54) is 9.21 Å². The molecule has 3 aromatic carbocycles. The number of rotatable bonds is 11. The summed E-state index contributed by atoms with van der Waals surface area (Å²) in [5, 5.41) is 2.96. The molecular weight excluding hydrogens is 522 g/mol. The van der Waals surface area contributed by atoms with Crippen LogP contribution in [0.4, 0.5) is 5.69 Å². The smallest absolute Gasteiger partial charge is 0.264 e. The van der Waals surface area contributed by atoms with Crippen molar-refractivity contribution >= 4 is 27.5 Å². The van der Waals surface area contributed by atoms with Gasteiger partial charge in [-0.05, 0) is 82.9 Å². The highest BCUT2D eigenvalue weighted by Crippen LogP contribution is 2.28. The number of aryl methyl sites for hydroxylation is 4. The normalized spacial score (nSPS) is 12.9. The molecule has 0 heterocycles. The quantitative estimate of drug-likeness (QED) is 0.336. The summed E-state index contributed by atoms with van der Waals surface area (Å²) in [5.41, 5.74) is 4.88. The molecule has 7 nitrogen and oxygen atoms in total. The summed E-state index contributed by atoms with van der Waals surface area (Å²) in [6, 6.07) is 19.0. The molecule has 0 radical (unpaired) electrons. The zero-order valence-corrected chi connectivity index (χ0v) is 25.4. The van der Waals surface area contributed by atoms with Gasteiger partial charge in [-0.1, -0.05) is 66.6 Å². The molecule has 0 aromatic heterocycles. The van der Waals surface area contributed by atoms with E-state index in [2.05, 4.69) is 5.32 Å². The number of nitrogens with one attached hydrogen (secondary N) is 1. The third-order valence-electron chi connectivity index (χ3n) is 7.16. The summed E-state index contributed by atoms with van der Waals surface area (Å²) in [6.07, 6.45) is 0.750. The maximum Gasteiger partial charge on any atom is 0.264 e. The first kappa shape index (κ1) is 30.9. The van der Waals surface area contributed by atoms with Crippen molar-refractivity contribution in [2.45, 2.75) is 78.4 Å². The molecule has 40 heavy (non-hydrogen) atoms. The van der Waals surface area contributed by atoms with Crippen LogP contribution >= 0.6 is 0 Å². The summed E-state index contributed by atoms with van der Waals surface area (Å²) in [5.74, 6) is -0.751. The van der Waals surface area contributed by atoms with Gasteiger partial charge in [0.1, 0.15) is 12.6 Å². The molecule has 0 bridgehead atoms. The summed E-state index contributed by atoms with van der Waals surface area (Å²) in [7, 11) is -4.10. The van der Waals surface area contributed by atoms with E-state index in [0.29, 0.717) is 5.69 Å². The minimum atomic E-state index is -4.10. The predicted octanol–water partition coefficient (Wildman–Crippen LogP) is 5.45. The monoisotopic (exact) mass is 563 g/mol. The van der Waals surface area contributed by atoms with E-state index < -0.39 is 28.5 Å². The van der Waals surface area contributed by atoms with Crippen molar-refractivity contribution in [2.24, 2.45) is 0 Å². The molecule has 3 rings (SSSR count). The Labute approximate surface area is 239 Å². The molecule has 2 atom stereocenters. The van der Waals surface area contributed by atoms with Crippen LogP contribution in [0.25, 0.3) is 0 Å². The lowest BCUT2D eigenvalue weighted by atomic mass is 10.1. The van der Waals surface area contributed by atoms with Crippen molar-refractivity contribution in [3.05, 3.63) is 94.5 Å². The maximum atomic E-state index is 14.1. The Bertz CT molecular complexity index is 1430. The van der Waals surface area contributed by atoms with Crippen LogP contribution in [-0.2, 0) is 26.2 Å². The second kappa shape index (κ2) is 13.1. The van der Waals surface area contributed by atoms with Crippen LogP contribution in [0.2, 0.25) is 0 Å².